The van der Waals surface area contributed by atoms with E-state index in [0.717, 1.165) is 62.9 Å². The predicted octanol–water partition coefficient (Wildman–Crippen LogP) is 16.4. The Balaban J connectivity index is 0.000000510. The molecule has 0 aliphatic carbocycles. The van der Waals surface area contributed by atoms with Crippen molar-refractivity contribution >= 4 is 29.7 Å². The Bertz CT molecular complexity index is 2030. The smallest absolute Gasteiger partial charge is 0.306 e. The molecule has 0 saturated carbocycles. The summed E-state index contributed by atoms with van der Waals surface area (Å²) in [5, 5.41) is 31.1. The van der Waals surface area contributed by atoms with Gasteiger partial charge in [-0.25, -0.2) is 0 Å². The molecule has 0 aliphatic heterocycles. The lowest BCUT2D eigenvalue weighted by Crippen LogP contribution is -2.13. The summed E-state index contributed by atoms with van der Waals surface area (Å²) in [7, 11) is 0. The van der Waals surface area contributed by atoms with E-state index in [1.165, 1.54) is 89.9 Å². The van der Waals surface area contributed by atoms with Crippen LogP contribution < -0.4 is 0 Å². The monoisotopic (exact) mass is 1050 g/mol. The number of aromatic hydroxyl groups is 3. The summed E-state index contributed by atoms with van der Waals surface area (Å²) in [6.07, 6.45) is 24.3. The Morgan fingerprint density at radius 1 is 0.405 bits per heavy atom. The number of hydrogen-bond acceptors (Lipinski definition) is 10. The minimum absolute atomic E-state index is 0.117. The van der Waals surface area contributed by atoms with Crippen LogP contribution in [0.5, 0.6) is 17.2 Å². The molecular weight excluding hydrogens is 945 g/mol. The number of thioether (sulfide) groups is 1. The van der Waals surface area contributed by atoms with Gasteiger partial charge in [0.05, 0.1) is 6.61 Å². The van der Waals surface area contributed by atoms with Crippen molar-refractivity contribution in [1.29, 1.82) is 0 Å². The third-order valence-electron chi connectivity index (χ3n) is 13.6. The van der Waals surface area contributed by atoms with Crippen molar-refractivity contribution in [2.75, 3.05) is 31.3 Å². The molecule has 0 bridgehead atoms. The fourth-order valence-corrected chi connectivity index (χ4v) is 9.64. The fourth-order valence-electron chi connectivity index (χ4n) is 9.03. The molecule has 0 fully saturated rings. The van der Waals surface area contributed by atoms with Gasteiger partial charge in [0.25, 0.3) is 0 Å². The fraction of sp³-hybridized carbons (Fsp3) is 0.672. The highest BCUT2D eigenvalue weighted by molar-refractivity contribution is 7.99. The van der Waals surface area contributed by atoms with Crippen molar-refractivity contribution in [2.24, 2.45) is 0 Å². The predicted molar refractivity (Wildman–Crippen MR) is 309 cm³/mol. The molecule has 0 spiro atoms. The molecule has 9 nitrogen and oxygen atoms in total. The Morgan fingerprint density at radius 2 is 0.662 bits per heavy atom. The van der Waals surface area contributed by atoms with E-state index in [1.54, 1.807) is 11.8 Å². The summed E-state index contributed by atoms with van der Waals surface area (Å²) in [5.74, 6) is 1.67. The zero-order valence-electron chi connectivity index (χ0n) is 48.8. The van der Waals surface area contributed by atoms with Crippen molar-refractivity contribution < 1.29 is 43.9 Å². The first-order valence-electron chi connectivity index (χ1n) is 28.4. The minimum Gasteiger partial charge on any atom is -0.507 e. The first-order valence-corrected chi connectivity index (χ1v) is 29.5. The van der Waals surface area contributed by atoms with Crippen molar-refractivity contribution in [3.05, 3.63) is 86.5 Å². The summed E-state index contributed by atoms with van der Waals surface area (Å²) >= 11 is 1.57. The summed E-state index contributed by atoms with van der Waals surface area (Å²) < 4.78 is 16.1. The van der Waals surface area contributed by atoms with Gasteiger partial charge < -0.3 is 29.5 Å². The highest BCUT2D eigenvalue weighted by atomic mass is 32.2. The lowest BCUT2D eigenvalue weighted by atomic mass is 9.83. The van der Waals surface area contributed by atoms with Crippen LogP contribution in [-0.4, -0.2) is 64.6 Å². The van der Waals surface area contributed by atoms with E-state index in [9.17, 15) is 29.7 Å². The van der Waals surface area contributed by atoms with Gasteiger partial charge in [0, 0.05) is 30.8 Å². The van der Waals surface area contributed by atoms with Gasteiger partial charge >= 0.3 is 17.9 Å². The van der Waals surface area contributed by atoms with Crippen LogP contribution >= 0.6 is 11.8 Å². The van der Waals surface area contributed by atoms with Gasteiger partial charge in [0.15, 0.2) is 0 Å². The molecule has 0 unspecified atom stereocenters. The molecule has 74 heavy (non-hydrogen) atoms. The largest absolute Gasteiger partial charge is 0.507 e. The molecule has 0 aromatic heterocycles. The van der Waals surface area contributed by atoms with E-state index >= 15 is 0 Å². The first-order chi connectivity index (χ1) is 34.8. The van der Waals surface area contributed by atoms with E-state index in [2.05, 4.69) is 69.2 Å². The summed E-state index contributed by atoms with van der Waals surface area (Å²) in [6, 6.07) is 11.8. The average molecular weight is 1050 g/mol. The van der Waals surface area contributed by atoms with Crippen molar-refractivity contribution in [1.82, 2.24) is 0 Å². The highest BCUT2D eigenvalue weighted by Crippen LogP contribution is 2.37. The molecule has 3 rings (SSSR count). The van der Waals surface area contributed by atoms with Gasteiger partial charge in [-0.3, -0.25) is 14.4 Å². The van der Waals surface area contributed by atoms with Gasteiger partial charge in [-0.2, -0.15) is 11.8 Å². The molecule has 3 aromatic carbocycles. The Morgan fingerprint density at radius 3 is 0.932 bits per heavy atom. The number of unbranched alkanes of at least 4 members (excludes halogenated alkanes) is 15. The zero-order chi connectivity index (χ0) is 55.3. The number of phenolic OH excluding ortho intramolecular Hbond substituents is 3. The Hall–Kier alpha value is -4.18. The maximum absolute atomic E-state index is 12.2. The van der Waals surface area contributed by atoms with Gasteiger partial charge in [0.2, 0.25) is 0 Å². The number of benzene rings is 3. The maximum Gasteiger partial charge on any atom is 0.306 e. The number of carbonyl (C=O) groups is 3. The van der Waals surface area contributed by atoms with E-state index in [-0.39, 0.29) is 47.0 Å². The molecule has 3 aromatic rings. The normalized spacial score (nSPS) is 11.8. The lowest BCUT2D eigenvalue weighted by molar-refractivity contribution is -0.144. The van der Waals surface area contributed by atoms with Crippen LogP contribution in [0.3, 0.4) is 0 Å². The Kier molecular flexibility index (Phi) is 30.7. The second kappa shape index (κ2) is 34.5. The topological polar surface area (TPSA) is 140 Å². The number of ether oxygens (including phenoxy) is 3. The van der Waals surface area contributed by atoms with Gasteiger partial charge in [-0.05, 0) is 113 Å². The SMILES string of the molecule is CCCCCCCCCCCCCCCCCCOC(=O)CCc1cc(C)c(O)c(C(C)(C)C)c1.Cc1cc(CCC(=O)OCCSCCOC(=O)CCc2cc(C)c(O)c(C(C)(C)C)c2)cc(C(C)(C)C)c1O. The number of esters is 3. The van der Waals surface area contributed by atoms with Gasteiger partial charge in [-0.15, -0.1) is 0 Å². The molecule has 0 heterocycles. The standard InChI is InChI=1S/C32H46O6S.C32H56O3/c1-21-17-23(19-25(29(21)35)31(3,4)5)9-11-27(33)37-13-15-39-16-14-38-28(34)12-10-24-18-22(2)30(36)26(20-24)32(6,7)8;1-6-7-8-9-10-11-12-13-14-15-16-17-18-19-20-21-24-35-30(33)23-22-28-25-27(2)31(34)29(26-28)32(3,4)5/h17-20,35-36H,9-16H2,1-8H3;25-26,34H,6-24H2,1-5H3. The first kappa shape index (κ1) is 65.9. The number of phenols is 3. The van der Waals surface area contributed by atoms with Crippen LogP contribution in [0.2, 0.25) is 0 Å². The number of carbonyl (C=O) groups excluding carboxylic acids is 3. The molecule has 0 radical (unpaired) electrons. The molecule has 0 saturated heterocycles. The van der Waals surface area contributed by atoms with Crippen molar-refractivity contribution in [2.45, 2.75) is 248 Å². The van der Waals surface area contributed by atoms with Gasteiger partial charge in [-0.1, -0.05) is 202 Å². The van der Waals surface area contributed by atoms with E-state index < -0.39 is 0 Å². The quantitative estimate of drug-likeness (QED) is 0.0315. The van der Waals surface area contributed by atoms with E-state index in [0.29, 0.717) is 74.3 Å². The Labute approximate surface area is 454 Å². The van der Waals surface area contributed by atoms with Gasteiger partial charge in [0.1, 0.15) is 30.5 Å². The van der Waals surface area contributed by atoms with Crippen LogP contribution in [0.4, 0.5) is 0 Å². The molecule has 418 valence electrons. The zero-order valence-corrected chi connectivity index (χ0v) is 49.6. The number of hydrogen-bond donors (Lipinski definition) is 3. The summed E-state index contributed by atoms with van der Waals surface area (Å²) in [5.41, 5.74) is 7.82. The summed E-state index contributed by atoms with van der Waals surface area (Å²) in [6.45, 7) is 27.7. The highest BCUT2D eigenvalue weighted by Gasteiger charge is 2.23. The molecule has 0 atom stereocenters. The second-order valence-electron chi connectivity index (χ2n) is 23.8. The number of rotatable bonds is 32. The molecule has 10 heteroatoms. The minimum atomic E-state index is -0.246. The van der Waals surface area contributed by atoms with Crippen molar-refractivity contribution in [3.63, 3.8) is 0 Å². The molecule has 0 aliphatic rings. The second-order valence-corrected chi connectivity index (χ2v) is 25.0. The van der Waals surface area contributed by atoms with Crippen LogP contribution in [0.1, 0.15) is 241 Å². The summed E-state index contributed by atoms with van der Waals surface area (Å²) in [4.78, 5) is 36.5. The third-order valence-corrected chi connectivity index (χ3v) is 14.5. The molecule has 3 N–H and O–H groups in total. The van der Waals surface area contributed by atoms with Crippen LogP contribution in [0.15, 0.2) is 36.4 Å². The molecule has 0 amide bonds. The van der Waals surface area contributed by atoms with Crippen LogP contribution in [0, 0.1) is 20.8 Å². The number of aryl methyl sites for hydroxylation is 6. The third kappa shape index (κ3) is 27.0. The molecular formula is C64H102O9S. The van der Waals surface area contributed by atoms with Crippen molar-refractivity contribution in [3.8, 4) is 17.2 Å². The average Bonchev–Trinajstić information content (AvgIpc) is 3.32. The van der Waals surface area contributed by atoms with E-state index in [1.807, 2.05) is 57.2 Å². The van der Waals surface area contributed by atoms with E-state index in [4.69, 9.17) is 14.2 Å². The maximum atomic E-state index is 12.2. The van der Waals surface area contributed by atoms with Crippen LogP contribution in [0.25, 0.3) is 0 Å². The van der Waals surface area contributed by atoms with Crippen LogP contribution in [-0.2, 0) is 64.1 Å². The lowest BCUT2D eigenvalue weighted by Gasteiger charge is -2.22.